The molecule has 0 saturated carbocycles. The Kier molecular flexibility index (Phi) is 7.34. The van der Waals surface area contributed by atoms with E-state index in [9.17, 15) is 28.1 Å². The van der Waals surface area contributed by atoms with E-state index in [1.807, 2.05) is 0 Å². The van der Waals surface area contributed by atoms with Crippen molar-refractivity contribution in [1.82, 2.24) is 0 Å². The number of hydrogen-bond acceptors (Lipinski definition) is 7. The average molecular weight is 449 g/mol. The largest absolute Gasteiger partial charge is 0.462 e. The molecular weight excluding hydrogens is 426 g/mol. The number of sulfonamides is 1. The number of rotatable bonds is 8. The van der Waals surface area contributed by atoms with Gasteiger partial charge < -0.3 is 10.1 Å². The maximum atomic E-state index is 12.9. The van der Waals surface area contributed by atoms with Gasteiger partial charge in [-0.05, 0) is 38.5 Å². The summed E-state index contributed by atoms with van der Waals surface area (Å²) in [4.78, 5) is 35.6. The number of anilines is 2. The van der Waals surface area contributed by atoms with Crippen LogP contribution >= 0.6 is 0 Å². The minimum atomic E-state index is -4.00. The molecule has 2 aromatic rings. The van der Waals surface area contributed by atoms with Crippen LogP contribution in [-0.2, 0) is 19.6 Å². The van der Waals surface area contributed by atoms with E-state index in [-0.39, 0.29) is 29.2 Å². The lowest BCUT2D eigenvalue weighted by Gasteiger charge is -2.29. The van der Waals surface area contributed by atoms with Crippen LogP contribution in [0, 0.1) is 17.0 Å². The first kappa shape index (κ1) is 23.8. The number of ether oxygens (including phenoxy) is 1. The second-order valence-corrected chi connectivity index (χ2v) is 8.58. The zero-order valence-electron chi connectivity index (χ0n) is 17.5. The molecule has 0 aliphatic heterocycles. The SMILES string of the molecule is CCOC(=O)c1ccccc1NC(=O)C(C)N(c1cc([N+](=O)[O-])ccc1C)S(C)(=O)=O. The van der Waals surface area contributed by atoms with Crippen LogP contribution in [0.25, 0.3) is 0 Å². The Morgan fingerprint density at radius 1 is 1.23 bits per heavy atom. The summed E-state index contributed by atoms with van der Waals surface area (Å²) in [5, 5.41) is 13.7. The van der Waals surface area contributed by atoms with E-state index in [1.54, 1.807) is 26.0 Å². The Hall–Kier alpha value is -3.47. The Labute approximate surface area is 180 Å². The van der Waals surface area contributed by atoms with Crippen molar-refractivity contribution in [1.29, 1.82) is 0 Å². The number of nitro groups is 1. The number of nitrogens with zero attached hydrogens (tertiary/aromatic N) is 2. The van der Waals surface area contributed by atoms with Crippen molar-refractivity contribution in [3.63, 3.8) is 0 Å². The second-order valence-electron chi connectivity index (χ2n) is 6.72. The van der Waals surface area contributed by atoms with Gasteiger partial charge >= 0.3 is 5.97 Å². The van der Waals surface area contributed by atoms with Gasteiger partial charge in [0.25, 0.3) is 5.69 Å². The van der Waals surface area contributed by atoms with E-state index in [1.165, 1.54) is 31.2 Å². The summed E-state index contributed by atoms with van der Waals surface area (Å²) in [6.45, 7) is 4.72. The van der Waals surface area contributed by atoms with Crippen LogP contribution in [-0.4, -0.2) is 44.1 Å². The average Bonchev–Trinajstić information content (AvgIpc) is 2.68. The zero-order valence-corrected chi connectivity index (χ0v) is 18.3. The fraction of sp³-hybridized carbons (Fsp3) is 0.300. The predicted octanol–water partition coefficient (Wildman–Crippen LogP) is 2.87. The predicted molar refractivity (Wildman–Crippen MR) is 116 cm³/mol. The van der Waals surface area contributed by atoms with E-state index in [2.05, 4.69) is 5.32 Å². The normalized spacial score (nSPS) is 12.0. The molecule has 31 heavy (non-hydrogen) atoms. The fourth-order valence-electron chi connectivity index (χ4n) is 2.95. The highest BCUT2D eigenvalue weighted by atomic mass is 32.2. The first-order valence-corrected chi connectivity index (χ1v) is 11.1. The Balaban J connectivity index is 2.44. The van der Waals surface area contributed by atoms with Crippen LogP contribution < -0.4 is 9.62 Å². The summed E-state index contributed by atoms with van der Waals surface area (Å²) >= 11 is 0. The summed E-state index contributed by atoms with van der Waals surface area (Å²) in [5.41, 5.74) is 0.402. The number of nitrogens with one attached hydrogen (secondary N) is 1. The number of aryl methyl sites for hydroxylation is 1. The molecule has 1 unspecified atom stereocenters. The lowest BCUT2D eigenvalue weighted by atomic mass is 10.1. The third-order valence-corrected chi connectivity index (χ3v) is 5.64. The van der Waals surface area contributed by atoms with Crippen LogP contribution in [0.5, 0.6) is 0 Å². The van der Waals surface area contributed by atoms with E-state index in [0.29, 0.717) is 5.56 Å². The molecule has 0 spiro atoms. The number of non-ortho nitro benzene ring substituents is 1. The Morgan fingerprint density at radius 2 is 1.87 bits per heavy atom. The van der Waals surface area contributed by atoms with Gasteiger partial charge in [0.1, 0.15) is 6.04 Å². The maximum absolute atomic E-state index is 12.9. The Morgan fingerprint density at radius 3 is 2.45 bits per heavy atom. The summed E-state index contributed by atoms with van der Waals surface area (Å²) < 4.78 is 30.8. The van der Waals surface area contributed by atoms with E-state index >= 15 is 0 Å². The number of esters is 1. The van der Waals surface area contributed by atoms with Gasteiger partial charge in [-0.2, -0.15) is 0 Å². The lowest BCUT2D eigenvalue weighted by Crippen LogP contribution is -2.45. The number of benzene rings is 2. The number of amides is 1. The minimum absolute atomic E-state index is 0.0121. The zero-order chi connectivity index (χ0) is 23.3. The molecule has 0 saturated heterocycles. The molecule has 0 radical (unpaired) electrons. The van der Waals surface area contributed by atoms with Gasteiger partial charge in [0.2, 0.25) is 15.9 Å². The number of carbonyl (C=O) groups is 2. The number of para-hydroxylation sites is 1. The van der Waals surface area contributed by atoms with Crippen molar-refractivity contribution in [3.05, 3.63) is 63.7 Å². The highest BCUT2D eigenvalue weighted by Gasteiger charge is 2.32. The molecule has 0 heterocycles. The van der Waals surface area contributed by atoms with Gasteiger partial charge in [0, 0.05) is 12.1 Å². The molecule has 0 bridgehead atoms. The highest BCUT2D eigenvalue weighted by molar-refractivity contribution is 7.92. The number of nitro benzene ring substituents is 1. The number of carbonyl (C=O) groups excluding carboxylic acids is 2. The molecule has 1 atom stereocenters. The standard InChI is InChI=1S/C20H23N3O7S/c1-5-30-20(25)16-8-6-7-9-17(16)21-19(24)14(3)22(31(4,28)29)18-12-15(23(26)27)11-10-13(18)2/h6-12,14H,5H2,1-4H3,(H,21,24). The number of hydrogen-bond donors (Lipinski definition) is 1. The third kappa shape index (κ3) is 5.57. The van der Waals surface area contributed by atoms with Crippen molar-refractivity contribution in [3.8, 4) is 0 Å². The molecule has 0 aliphatic rings. The lowest BCUT2D eigenvalue weighted by molar-refractivity contribution is -0.384. The van der Waals surface area contributed by atoms with Gasteiger partial charge in [-0.15, -0.1) is 0 Å². The molecule has 166 valence electrons. The quantitative estimate of drug-likeness (QED) is 0.372. The highest BCUT2D eigenvalue weighted by Crippen LogP contribution is 2.29. The molecule has 2 rings (SSSR count). The van der Waals surface area contributed by atoms with Gasteiger partial charge in [-0.1, -0.05) is 18.2 Å². The van der Waals surface area contributed by atoms with Crippen LogP contribution in [0.4, 0.5) is 17.1 Å². The van der Waals surface area contributed by atoms with Crippen LogP contribution in [0.15, 0.2) is 42.5 Å². The molecule has 0 aliphatic carbocycles. The van der Waals surface area contributed by atoms with E-state index in [4.69, 9.17) is 4.74 Å². The summed E-state index contributed by atoms with van der Waals surface area (Å²) in [7, 11) is -4.00. The van der Waals surface area contributed by atoms with Crippen molar-refractivity contribution < 1.29 is 27.7 Å². The monoisotopic (exact) mass is 449 g/mol. The fourth-order valence-corrected chi connectivity index (χ4v) is 4.17. The molecule has 2 aromatic carbocycles. The summed E-state index contributed by atoms with van der Waals surface area (Å²) in [6.07, 6.45) is 0.904. The summed E-state index contributed by atoms with van der Waals surface area (Å²) in [5.74, 6) is -1.37. The Bertz CT molecular complexity index is 1120. The van der Waals surface area contributed by atoms with Crippen molar-refractivity contribution in [2.24, 2.45) is 0 Å². The first-order valence-electron chi connectivity index (χ1n) is 9.28. The third-order valence-electron chi connectivity index (χ3n) is 4.41. The summed E-state index contributed by atoms with van der Waals surface area (Å²) in [6, 6.07) is 8.64. The van der Waals surface area contributed by atoms with Crippen molar-refractivity contribution >= 4 is 39.0 Å². The second kappa shape index (κ2) is 9.56. The van der Waals surface area contributed by atoms with Crippen molar-refractivity contribution in [2.75, 3.05) is 22.5 Å². The van der Waals surface area contributed by atoms with E-state index < -0.39 is 32.9 Å². The molecule has 10 nitrogen and oxygen atoms in total. The van der Waals surface area contributed by atoms with Crippen LogP contribution in [0.3, 0.4) is 0 Å². The minimum Gasteiger partial charge on any atom is -0.462 e. The van der Waals surface area contributed by atoms with Crippen molar-refractivity contribution in [2.45, 2.75) is 26.8 Å². The molecular formula is C20H23N3O7S. The van der Waals surface area contributed by atoms with Gasteiger partial charge in [-0.25, -0.2) is 13.2 Å². The van der Waals surface area contributed by atoms with Crippen LogP contribution in [0.2, 0.25) is 0 Å². The molecule has 0 fully saturated rings. The van der Waals surface area contributed by atoms with Gasteiger partial charge in [0.05, 0.1) is 34.7 Å². The van der Waals surface area contributed by atoms with Gasteiger partial charge in [0.15, 0.2) is 0 Å². The maximum Gasteiger partial charge on any atom is 0.340 e. The van der Waals surface area contributed by atoms with Gasteiger partial charge in [-0.3, -0.25) is 19.2 Å². The van der Waals surface area contributed by atoms with E-state index in [0.717, 1.165) is 16.6 Å². The topological polar surface area (TPSA) is 136 Å². The smallest absolute Gasteiger partial charge is 0.340 e. The molecule has 11 heteroatoms. The van der Waals surface area contributed by atoms with Crippen LogP contribution in [0.1, 0.15) is 29.8 Å². The molecule has 1 amide bonds. The molecule has 0 aromatic heterocycles. The first-order chi connectivity index (χ1) is 14.5. The molecule has 1 N–H and O–H groups in total.